The van der Waals surface area contributed by atoms with Crippen molar-refractivity contribution in [2.75, 3.05) is 11.9 Å². The van der Waals surface area contributed by atoms with Gasteiger partial charge < -0.3 is 14.6 Å². The average Bonchev–Trinajstić information content (AvgIpc) is 3.07. The number of carbonyl (C=O) groups is 3. The Kier molecular flexibility index (Phi) is 4.89. The quantitative estimate of drug-likeness (QED) is 0.892. The second kappa shape index (κ2) is 6.85. The number of nitrogens with one attached hydrogen (secondary N) is 2. The summed E-state index contributed by atoms with van der Waals surface area (Å²) in [5.74, 6) is -1.17. The third-order valence-electron chi connectivity index (χ3n) is 2.48. The maximum atomic E-state index is 12.0. The number of alkyl carbamates (subject to hydrolysis) is 1. The lowest BCUT2D eigenvalue weighted by atomic mass is 10.3. The maximum Gasteiger partial charge on any atom is 0.414 e. The molecule has 0 saturated carbocycles. The normalized spacial score (nSPS) is 10.1. The predicted octanol–water partition coefficient (Wildman–Crippen LogP) is 2.18. The zero-order chi connectivity index (χ0) is 16.1. The minimum Gasteiger partial charge on any atom is -0.450 e. The lowest BCUT2D eigenvalue weighted by molar-refractivity contribution is 0.0926. The van der Waals surface area contributed by atoms with Crippen LogP contribution in [0.5, 0.6) is 0 Å². The summed E-state index contributed by atoms with van der Waals surface area (Å²) in [5.41, 5.74) is 0.722. The molecule has 2 aromatic rings. The van der Waals surface area contributed by atoms with Gasteiger partial charge in [-0.05, 0) is 25.3 Å². The van der Waals surface area contributed by atoms with Gasteiger partial charge in [0, 0.05) is 6.07 Å². The van der Waals surface area contributed by atoms with Gasteiger partial charge in [-0.2, -0.15) is 0 Å². The monoisotopic (exact) mass is 323 g/mol. The highest BCUT2D eigenvalue weighted by Crippen LogP contribution is 2.24. The minimum atomic E-state index is -0.846. The summed E-state index contributed by atoms with van der Waals surface area (Å²) in [5, 5.41) is 10.1. The number of aromatic nitrogens is 1. The van der Waals surface area contributed by atoms with Gasteiger partial charge in [0.1, 0.15) is 5.00 Å². The average molecular weight is 323 g/mol. The van der Waals surface area contributed by atoms with Crippen LogP contribution in [-0.2, 0) is 4.74 Å². The summed E-state index contributed by atoms with van der Waals surface area (Å²) in [4.78, 5) is 35.1. The summed E-state index contributed by atoms with van der Waals surface area (Å²) in [6.45, 7) is 3.46. The highest BCUT2D eigenvalue weighted by Gasteiger charge is 2.19. The van der Waals surface area contributed by atoms with Crippen LogP contribution in [0.15, 0.2) is 22.0 Å². The molecular weight excluding hydrogens is 310 g/mol. The van der Waals surface area contributed by atoms with Crippen molar-refractivity contribution in [2.24, 2.45) is 0 Å². The van der Waals surface area contributed by atoms with Crippen LogP contribution in [0.4, 0.5) is 9.80 Å². The van der Waals surface area contributed by atoms with Crippen LogP contribution in [0.3, 0.4) is 0 Å². The summed E-state index contributed by atoms with van der Waals surface area (Å²) < 4.78 is 9.47. The minimum absolute atomic E-state index is 0.0302. The van der Waals surface area contributed by atoms with Crippen molar-refractivity contribution >= 4 is 34.2 Å². The molecule has 0 saturated heterocycles. The number of nitrogens with zero attached hydrogens (tertiary/aromatic N) is 1. The van der Waals surface area contributed by atoms with Crippen molar-refractivity contribution in [2.45, 2.75) is 13.8 Å². The first-order chi connectivity index (χ1) is 10.5. The Morgan fingerprint density at radius 3 is 2.77 bits per heavy atom. The number of ether oxygens (including phenoxy) is 1. The van der Waals surface area contributed by atoms with E-state index < -0.39 is 17.9 Å². The molecule has 22 heavy (non-hydrogen) atoms. The molecule has 0 aliphatic heterocycles. The molecule has 0 radical (unpaired) electrons. The van der Waals surface area contributed by atoms with Crippen molar-refractivity contribution in [3.8, 4) is 0 Å². The molecular formula is C13H13N3O5S. The van der Waals surface area contributed by atoms with E-state index in [2.05, 4.69) is 20.5 Å². The molecule has 0 aliphatic rings. The number of thiophene rings is 1. The smallest absolute Gasteiger partial charge is 0.414 e. The molecule has 0 spiro atoms. The molecule has 2 rings (SSSR count). The summed E-state index contributed by atoms with van der Waals surface area (Å²) in [6, 6.07) is 2.96. The van der Waals surface area contributed by atoms with Gasteiger partial charge in [-0.3, -0.25) is 14.9 Å². The van der Waals surface area contributed by atoms with E-state index in [1.54, 1.807) is 19.2 Å². The number of hydrogen-bond donors (Lipinski definition) is 2. The Balaban J connectivity index is 2.07. The summed E-state index contributed by atoms with van der Waals surface area (Å²) in [7, 11) is 0. The molecule has 9 heteroatoms. The molecule has 2 N–H and O–H groups in total. The zero-order valence-corrected chi connectivity index (χ0v) is 12.7. The van der Waals surface area contributed by atoms with Crippen molar-refractivity contribution in [3.63, 3.8) is 0 Å². The zero-order valence-electron chi connectivity index (χ0n) is 11.8. The van der Waals surface area contributed by atoms with Crippen molar-refractivity contribution < 1.29 is 23.6 Å². The molecule has 0 fully saturated rings. The van der Waals surface area contributed by atoms with Gasteiger partial charge in [0.2, 0.25) is 5.76 Å². The highest BCUT2D eigenvalue weighted by atomic mass is 32.1. The number of rotatable bonds is 4. The molecule has 0 atom stereocenters. The van der Waals surface area contributed by atoms with Crippen LogP contribution >= 0.6 is 11.3 Å². The highest BCUT2D eigenvalue weighted by molar-refractivity contribution is 7.14. The number of carbonyl (C=O) groups excluding carboxylic acids is 3. The molecule has 116 valence electrons. The third kappa shape index (κ3) is 3.70. The van der Waals surface area contributed by atoms with Crippen LogP contribution in [0, 0.1) is 6.92 Å². The van der Waals surface area contributed by atoms with Gasteiger partial charge in [0.15, 0.2) is 0 Å². The van der Waals surface area contributed by atoms with Gasteiger partial charge in [0.25, 0.3) is 11.8 Å². The fraction of sp³-hybridized carbons (Fsp3) is 0.231. The molecule has 0 bridgehead atoms. The van der Waals surface area contributed by atoms with Gasteiger partial charge in [0.05, 0.1) is 17.9 Å². The number of amides is 3. The summed E-state index contributed by atoms with van der Waals surface area (Å²) in [6.07, 6.45) is -0.846. The van der Waals surface area contributed by atoms with Gasteiger partial charge in [-0.15, -0.1) is 11.3 Å². The lowest BCUT2D eigenvalue weighted by Crippen LogP contribution is -2.31. The van der Waals surface area contributed by atoms with Crippen LogP contribution < -0.4 is 10.6 Å². The molecule has 2 heterocycles. The largest absolute Gasteiger partial charge is 0.450 e. The Morgan fingerprint density at radius 1 is 1.36 bits per heavy atom. The fourth-order valence-electron chi connectivity index (χ4n) is 1.55. The Bertz CT molecular complexity index is 706. The molecule has 2 aromatic heterocycles. The molecule has 8 nitrogen and oxygen atoms in total. The third-order valence-corrected chi connectivity index (χ3v) is 3.31. The van der Waals surface area contributed by atoms with E-state index in [9.17, 15) is 14.4 Å². The lowest BCUT2D eigenvalue weighted by Gasteiger charge is -2.05. The fourth-order valence-corrected chi connectivity index (χ4v) is 2.33. The molecule has 0 aliphatic carbocycles. The van der Waals surface area contributed by atoms with Crippen molar-refractivity contribution in [3.05, 3.63) is 34.5 Å². The first-order valence-electron chi connectivity index (χ1n) is 6.31. The first kappa shape index (κ1) is 15.7. The van der Waals surface area contributed by atoms with Crippen molar-refractivity contribution in [1.82, 2.24) is 10.5 Å². The first-order valence-corrected chi connectivity index (χ1v) is 7.19. The summed E-state index contributed by atoms with van der Waals surface area (Å²) >= 11 is 1.14. The van der Waals surface area contributed by atoms with Crippen LogP contribution in [-0.4, -0.2) is 29.7 Å². The van der Waals surface area contributed by atoms with Crippen LogP contribution in [0.25, 0.3) is 0 Å². The van der Waals surface area contributed by atoms with E-state index in [1.807, 2.05) is 0 Å². The molecule has 0 unspecified atom stereocenters. The topological polar surface area (TPSA) is 111 Å². The number of hydrogen-bond acceptors (Lipinski definition) is 7. The van der Waals surface area contributed by atoms with E-state index in [1.165, 1.54) is 12.1 Å². The van der Waals surface area contributed by atoms with Gasteiger partial charge >= 0.3 is 6.09 Å². The maximum absolute atomic E-state index is 12.0. The number of imide groups is 1. The van der Waals surface area contributed by atoms with Gasteiger partial charge in [-0.25, -0.2) is 4.79 Å². The Hall–Kier alpha value is -2.68. The second-order valence-corrected chi connectivity index (χ2v) is 5.04. The standard InChI is InChI=1S/C13H13N3O5S/c1-3-20-13(19)15-10(17)8-4-5-22-12(8)14-11(18)9-6-7(2)16-21-9/h4-6H,3H2,1-2H3,(H,14,18)(H,15,17,19). The van der Waals surface area contributed by atoms with E-state index in [0.29, 0.717) is 10.7 Å². The molecule has 3 amide bonds. The van der Waals surface area contributed by atoms with Crippen molar-refractivity contribution in [1.29, 1.82) is 0 Å². The predicted molar refractivity (Wildman–Crippen MR) is 78.0 cm³/mol. The Morgan fingerprint density at radius 2 is 2.14 bits per heavy atom. The molecule has 0 aromatic carbocycles. The van der Waals surface area contributed by atoms with E-state index >= 15 is 0 Å². The SMILES string of the molecule is CCOC(=O)NC(=O)c1ccsc1NC(=O)c1cc(C)no1. The number of aryl methyl sites for hydroxylation is 1. The van der Waals surface area contributed by atoms with E-state index in [-0.39, 0.29) is 17.9 Å². The Labute approximate surface area is 129 Å². The van der Waals surface area contributed by atoms with Crippen LogP contribution in [0.1, 0.15) is 33.5 Å². The van der Waals surface area contributed by atoms with Crippen LogP contribution in [0.2, 0.25) is 0 Å². The second-order valence-electron chi connectivity index (χ2n) is 4.12. The van der Waals surface area contributed by atoms with E-state index in [0.717, 1.165) is 11.3 Å². The number of anilines is 1. The van der Waals surface area contributed by atoms with Gasteiger partial charge in [-0.1, -0.05) is 5.16 Å². The van der Waals surface area contributed by atoms with E-state index in [4.69, 9.17) is 4.52 Å².